The molecular formula is C13H19ClN2. The van der Waals surface area contributed by atoms with Gasteiger partial charge in [0.2, 0.25) is 0 Å². The Balaban J connectivity index is 2.25. The molecule has 16 heavy (non-hydrogen) atoms. The van der Waals surface area contributed by atoms with Crippen molar-refractivity contribution in [2.75, 3.05) is 11.1 Å². The molecular weight excluding hydrogens is 220 g/mol. The predicted octanol–water partition coefficient (Wildman–Crippen LogP) is 3.77. The number of nitrogens with two attached hydrogens (primary N) is 1. The number of halogens is 1. The van der Waals surface area contributed by atoms with E-state index in [1.807, 2.05) is 18.2 Å². The minimum Gasteiger partial charge on any atom is -0.397 e. The van der Waals surface area contributed by atoms with Gasteiger partial charge in [-0.1, -0.05) is 45.4 Å². The Morgan fingerprint density at radius 3 is 2.19 bits per heavy atom. The molecule has 0 amide bonds. The molecule has 0 saturated heterocycles. The van der Waals surface area contributed by atoms with Crippen LogP contribution in [0.1, 0.15) is 27.7 Å². The molecule has 1 aliphatic carbocycles. The second-order valence-corrected chi connectivity index (χ2v) is 6.13. The first-order valence-corrected chi connectivity index (χ1v) is 5.97. The van der Waals surface area contributed by atoms with Gasteiger partial charge in [-0.25, -0.2) is 0 Å². The molecule has 2 nitrogen and oxygen atoms in total. The number of anilines is 2. The van der Waals surface area contributed by atoms with Crippen LogP contribution in [0.5, 0.6) is 0 Å². The zero-order valence-electron chi connectivity index (χ0n) is 10.3. The van der Waals surface area contributed by atoms with E-state index in [1.54, 1.807) is 0 Å². The van der Waals surface area contributed by atoms with E-state index in [1.165, 1.54) is 0 Å². The van der Waals surface area contributed by atoms with Crippen molar-refractivity contribution in [2.24, 2.45) is 10.8 Å². The van der Waals surface area contributed by atoms with Crippen LogP contribution in [0.4, 0.5) is 11.4 Å². The summed E-state index contributed by atoms with van der Waals surface area (Å²) in [6, 6.07) is 6.02. The monoisotopic (exact) mass is 238 g/mol. The highest BCUT2D eigenvalue weighted by Gasteiger charge is 2.65. The van der Waals surface area contributed by atoms with Crippen molar-refractivity contribution < 1.29 is 0 Å². The summed E-state index contributed by atoms with van der Waals surface area (Å²) in [5, 5.41) is 4.17. The minimum atomic E-state index is 0.276. The molecule has 0 atom stereocenters. The van der Waals surface area contributed by atoms with Gasteiger partial charge in [0.15, 0.2) is 0 Å². The Kier molecular flexibility index (Phi) is 2.39. The van der Waals surface area contributed by atoms with Crippen LogP contribution in [-0.4, -0.2) is 6.04 Å². The van der Waals surface area contributed by atoms with Gasteiger partial charge in [0, 0.05) is 6.04 Å². The molecule has 0 spiro atoms. The van der Waals surface area contributed by atoms with Crippen LogP contribution in [0.2, 0.25) is 5.02 Å². The number of benzene rings is 1. The molecule has 0 aliphatic heterocycles. The Labute approximate surface area is 102 Å². The highest BCUT2D eigenvalue weighted by Crippen LogP contribution is 2.64. The fraction of sp³-hybridized carbons (Fsp3) is 0.538. The summed E-state index contributed by atoms with van der Waals surface area (Å²) >= 11 is 6.15. The molecule has 3 N–H and O–H groups in total. The number of hydrogen-bond acceptors (Lipinski definition) is 2. The minimum absolute atomic E-state index is 0.276. The fourth-order valence-electron chi connectivity index (χ4n) is 2.39. The number of nitrogens with one attached hydrogen (secondary N) is 1. The van der Waals surface area contributed by atoms with Gasteiger partial charge in [0.05, 0.1) is 16.4 Å². The zero-order chi connectivity index (χ0) is 12.1. The third-order valence-corrected chi connectivity index (χ3v) is 4.67. The van der Waals surface area contributed by atoms with Crippen LogP contribution in [0.25, 0.3) is 0 Å². The SMILES string of the molecule is CC1(C)C(Nc2c(N)cccc2Cl)C1(C)C. The summed E-state index contributed by atoms with van der Waals surface area (Å²) in [7, 11) is 0. The topological polar surface area (TPSA) is 38.0 Å². The van der Waals surface area contributed by atoms with E-state index in [-0.39, 0.29) is 10.8 Å². The first-order chi connectivity index (χ1) is 7.28. The van der Waals surface area contributed by atoms with Crippen LogP contribution in [0, 0.1) is 10.8 Å². The quantitative estimate of drug-likeness (QED) is 0.770. The van der Waals surface area contributed by atoms with Gasteiger partial charge in [0.25, 0.3) is 0 Å². The lowest BCUT2D eigenvalue weighted by Crippen LogP contribution is -2.11. The summed E-state index contributed by atoms with van der Waals surface area (Å²) in [5.74, 6) is 0. The molecule has 0 radical (unpaired) electrons. The molecule has 1 saturated carbocycles. The third kappa shape index (κ3) is 1.47. The van der Waals surface area contributed by atoms with Crippen LogP contribution in [0.15, 0.2) is 18.2 Å². The summed E-state index contributed by atoms with van der Waals surface area (Å²) in [5.41, 5.74) is 8.06. The summed E-state index contributed by atoms with van der Waals surface area (Å²) in [6.07, 6.45) is 0. The number of rotatable bonds is 2. The molecule has 1 fully saturated rings. The Morgan fingerprint density at radius 2 is 1.75 bits per heavy atom. The summed E-state index contributed by atoms with van der Waals surface area (Å²) in [6.45, 7) is 9.05. The van der Waals surface area contributed by atoms with Gasteiger partial charge < -0.3 is 11.1 Å². The van der Waals surface area contributed by atoms with Gasteiger partial charge in [-0.2, -0.15) is 0 Å². The lowest BCUT2D eigenvalue weighted by Gasteiger charge is -2.12. The number of para-hydroxylation sites is 1. The maximum Gasteiger partial charge on any atom is 0.0765 e. The first-order valence-electron chi connectivity index (χ1n) is 5.59. The van der Waals surface area contributed by atoms with Gasteiger partial charge in [-0.3, -0.25) is 0 Å². The van der Waals surface area contributed by atoms with Crippen molar-refractivity contribution in [3.05, 3.63) is 23.2 Å². The van der Waals surface area contributed by atoms with Crippen LogP contribution in [-0.2, 0) is 0 Å². The summed E-state index contributed by atoms with van der Waals surface area (Å²) < 4.78 is 0. The van der Waals surface area contributed by atoms with Crippen LogP contribution < -0.4 is 11.1 Å². The molecule has 3 heteroatoms. The lowest BCUT2D eigenvalue weighted by molar-refractivity contribution is 0.457. The van der Waals surface area contributed by atoms with Gasteiger partial charge >= 0.3 is 0 Å². The highest BCUT2D eigenvalue weighted by atomic mass is 35.5. The number of nitrogen functional groups attached to an aromatic ring is 1. The fourth-order valence-corrected chi connectivity index (χ4v) is 2.63. The second-order valence-electron chi connectivity index (χ2n) is 5.72. The van der Waals surface area contributed by atoms with Crippen molar-refractivity contribution in [3.8, 4) is 0 Å². The van der Waals surface area contributed by atoms with Crippen molar-refractivity contribution in [1.82, 2.24) is 0 Å². The zero-order valence-corrected chi connectivity index (χ0v) is 11.0. The Bertz CT molecular complexity index is 390. The average molecular weight is 239 g/mol. The Hall–Kier alpha value is -0.890. The van der Waals surface area contributed by atoms with E-state index in [2.05, 4.69) is 33.0 Å². The standard InChI is InChI=1S/C13H19ClN2/c1-12(2)11(13(12,3)4)16-10-8(14)6-5-7-9(10)15/h5-7,11,16H,15H2,1-4H3. The normalized spacial score (nSPS) is 21.8. The van der Waals surface area contributed by atoms with Crippen molar-refractivity contribution in [3.63, 3.8) is 0 Å². The van der Waals surface area contributed by atoms with E-state index in [0.717, 1.165) is 5.69 Å². The van der Waals surface area contributed by atoms with Crippen molar-refractivity contribution in [2.45, 2.75) is 33.7 Å². The molecule has 1 aromatic rings. The molecule has 88 valence electrons. The molecule has 1 aromatic carbocycles. The highest BCUT2D eigenvalue weighted by molar-refractivity contribution is 6.33. The van der Waals surface area contributed by atoms with E-state index < -0.39 is 0 Å². The largest absolute Gasteiger partial charge is 0.397 e. The van der Waals surface area contributed by atoms with Gasteiger partial charge in [0.1, 0.15) is 0 Å². The van der Waals surface area contributed by atoms with Crippen molar-refractivity contribution >= 4 is 23.0 Å². The van der Waals surface area contributed by atoms with Gasteiger partial charge in [-0.05, 0) is 23.0 Å². The summed E-state index contributed by atoms with van der Waals surface area (Å²) in [4.78, 5) is 0. The molecule has 0 bridgehead atoms. The molecule has 0 heterocycles. The third-order valence-electron chi connectivity index (χ3n) is 4.36. The van der Waals surface area contributed by atoms with Crippen LogP contribution in [0.3, 0.4) is 0 Å². The Morgan fingerprint density at radius 1 is 1.19 bits per heavy atom. The van der Waals surface area contributed by atoms with Crippen LogP contribution >= 0.6 is 11.6 Å². The molecule has 0 aromatic heterocycles. The lowest BCUT2D eigenvalue weighted by atomic mass is 10.0. The van der Waals surface area contributed by atoms with Gasteiger partial charge in [-0.15, -0.1) is 0 Å². The second kappa shape index (κ2) is 3.30. The molecule has 1 aliphatic rings. The predicted molar refractivity (Wildman–Crippen MR) is 70.8 cm³/mol. The van der Waals surface area contributed by atoms with E-state index in [4.69, 9.17) is 17.3 Å². The smallest absolute Gasteiger partial charge is 0.0765 e. The maximum atomic E-state index is 6.15. The maximum absolute atomic E-state index is 6.15. The molecule has 2 rings (SSSR count). The first kappa shape index (κ1) is 11.6. The number of hydrogen-bond donors (Lipinski definition) is 2. The van der Waals surface area contributed by atoms with E-state index >= 15 is 0 Å². The molecule has 0 unspecified atom stereocenters. The average Bonchev–Trinajstić information content (AvgIpc) is 2.53. The van der Waals surface area contributed by atoms with E-state index in [0.29, 0.717) is 16.8 Å². The van der Waals surface area contributed by atoms with E-state index in [9.17, 15) is 0 Å². The van der Waals surface area contributed by atoms with Crippen molar-refractivity contribution in [1.29, 1.82) is 0 Å².